The Balaban J connectivity index is 0.000000221. The molecule has 3 N–H and O–H groups in total. The maximum absolute atomic E-state index is 9.55. The van der Waals surface area contributed by atoms with E-state index in [1.807, 2.05) is 18.5 Å². The number of rotatable bonds is 3. The first kappa shape index (κ1) is 15.6. The van der Waals surface area contributed by atoms with Crippen LogP contribution >= 0.6 is 0 Å². The van der Waals surface area contributed by atoms with E-state index >= 15 is 0 Å². The molecule has 0 bridgehead atoms. The Morgan fingerprint density at radius 3 is 2.25 bits per heavy atom. The standard InChI is InChI=1S/C9H13N3.C4H4O4/c1-2-9(8-11-3-1)12-6-4-10-5-7-12;5-3(6)1-2-4(7)8/h1-3,8,10H,4-7H2;1-2H,(H,5,6)(H,7,8)/b;2-1+. The van der Waals surface area contributed by atoms with E-state index in [-0.39, 0.29) is 0 Å². The molecule has 1 aromatic rings. The van der Waals surface area contributed by atoms with Crippen molar-refractivity contribution in [3.8, 4) is 0 Å². The van der Waals surface area contributed by atoms with Gasteiger partial charge in [-0.2, -0.15) is 0 Å². The van der Waals surface area contributed by atoms with Crippen molar-refractivity contribution in [2.24, 2.45) is 0 Å². The Hall–Kier alpha value is -2.41. The van der Waals surface area contributed by atoms with E-state index in [1.165, 1.54) is 5.69 Å². The molecule has 1 saturated heterocycles. The van der Waals surface area contributed by atoms with Crippen LogP contribution in [0.1, 0.15) is 0 Å². The number of carbonyl (C=O) groups is 2. The molecule has 7 heteroatoms. The van der Waals surface area contributed by atoms with Crippen LogP contribution in [-0.4, -0.2) is 53.3 Å². The van der Waals surface area contributed by atoms with Crippen LogP contribution in [-0.2, 0) is 9.59 Å². The van der Waals surface area contributed by atoms with Gasteiger partial charge >= 0.3 is 11.9 Å². The number of pyridine rings is 1. The molecule has 1 fully saturated rings. The summed E-state index contributed by atoms with van der Waals surface area (Å²) in [6.07, 6.45) is 4.85. The second-order valence-electron chi connectivity index (χ2n) is 3.96. The van der Waals surface area contributed by atoms with Gasteiger partial charge in [-0.1, -0.05) is 0 Å². The molecule has 0 unspecified atom stereocenters. The lowest BCUT2D eigenvalue weighted by Gasteiger charge is -2.28. The molecule has 0 atom stereocenters. The first-order valence-electron chi connectivity index (χ1n) is 6.09. The molecule has 0 aliphatic carbocycles. The number of aliphatic carboxylic acids is 2. The minimum absolute atomic E-state index is 0.558. The van der Waals surface area contributed by atoms with Crippen molar-refractivity contribution >= 4 is 17.6 Å². The van der Waals surface area contributed by atoms with Crippen LogP contribution in [0.3, 0.4) is 0 Å². The molecule has 0 amide bonds. The summed E-state index contributed by atoms with van der Waals surface area (Å²) in [5.41, 5.74) is 1.24. The van der Waals surface area contributed by atoms with Crippen molar-refractivity contribution in [3.05, 3.63) is 36.7 Å². The van der Waals surface area contributed by atoms with E-state index in [0.717, 1.165) is 26.2 Å². The van der Waals surface area contributed by atoms with Crippen LogP contribution in [0.4, 0.5) is 5.69 Å². The molecular formula is C13H17N3O4. The Morgan fingerprint density at radius 1 is 1.20 bits per heavy atom. The summed E-state index contributed by atoms with van der Waals surface area (Å²) in [5.74, 6) is -2.51. The molecule has 2 rings (SSSR count). The van der Waals surface area contributed by atoms with Gasteiger partial charge in [0, 0.05) is 44.5 Å². The topological polar surface area (TPSA) is 103 Å². The molecule has 1 aromatic heterocycles. The van der Waals surface area contributed by atoms with Crippen molar-refractivity contribution < 1.29 is 19.8 Å². The van der Waals surface area contributed by atoms with Crippen molar-refractivity contribution in [3.63, 3.8) is 0 Å². The van der Waals surface area contributed by atoms with Crippen molar-refractivity contribution in [1.29, 1.82) is 0 Å². The maximum atomic E-state index is 9.55. The van der Waals surface area contributed by atoms with Gasteiger partial charge in [0.1, 0.15) is 0 Å². The van der Waals surface area contributed by atoms with Gasteiger partial charge in [0.2, 0.25) is 0 Å². The van der Waals surface area contributed by atoms with Gasteiger partial charge in [0.25, 0.3) is 0 Å². The predicted molar refractivity (Wildman–Crippen MR) is 73.7 cm³/mol. The number of aromatic nitrogens is 1. The van der Waals surface area contributed by atoms with Gasteiger partial charge in [-0.25, -0.2) is 9.59 Å². The van der Waals surface area contributed by atoms with Crippen molar-refractivity contribution in [2.45, 2.75) is 0 Å². The first-order valence-corrected chi connectivity index (χ1v) is 6.09. The molecule has 7 nitrogen and oxygen atoms in total. The molecular weight excluding hydrogens is 262 g/mol. The highest BCUT2D eigenvalue weighted by molar-refractivity contribution is 5.89. The summed E-state index contributed by atoms with van der Waals surface area (Å²) in [6.45, 7) is 4.33. The van der Waals surface area contributed by atoms with Gasteiger partial charge in [-0.05, 0) is 12.1 Å². The second kappa shape index (κ2) is 8.65. The molecule has 0 radical (unpaired) electrons. The third-order valence-electron chi connectivity index (χ3n) is 2.50. The van der Waals surface area contributed by atoms with E-state index < -0.39 is 11.9 Å². The van der Waals surface area contributed by atoms with Gasteiger partial charge in [0.15, 0.2) is 0 Å². The Kier molecular flexibility index (Phi) is 6.77. The summed E-state index contributed by atoms with van der Waals surface area (Å²) < 4.78 is 0. The third kappa shape index (κ3) is 6.50. The highest BCUT2D eigenvalue weighted by Gasteiger charge is 2.08. The molecule has 2 heterocycles. The summed E-state index contributed by atoms with van der Waals surface area (Å²) in [4.78, 5) is 25.6. The Bertz CT molecular complexity index is 440. The SMILES string of the molecule is O=C(O)/C=C/C(=O)O.c1cncc(N2CCNCC2)c1. The zero-order valence-electron chi connectivity index (χ0n) is 10.9. The van der Waals surface area contributed by atoms with Crippen LogP contribution in [0.25, 0.3) is 0 Å². The normalized spacial score (nSPS) is 14.5. The lowest BCUT2D eigenvalue weighted by Crippen LogP contribution is -2.43. The van der Waals surface area contributed by atoms with Crippen LogP contribution in [0.5, 0.6) is 0 Å². The summed E-state index contributed by atoms with van der Waals surface area (Å²) in [7, 11) is 0. The second-order valence-corrected chi connectivity index (χ2v) is 3.96. The van der Waals surface area contributed by atoms with Crippen molar-refractivity contribution in [2.75, 3.05) is 31.1 Å². The summed E-state index contributed by atoms with van der Waals surface area (Å²) in [5, 5.41) is 18.9. The number of nitrogens with zero attached hydrogens (tertiary/aromatic N) is 2. The van der Waals surface area contributed by atoms with Crippen LogP contribution < -0.4 is 10.2 Å². The average molecular weight is 279 g/mol. The highest BCUT2D eigenvalue weighted by Crippen LogP contribution is 2.11. The summed E-state index contributed by atoms with van der Waals surface area (Å²) in [6, 6.07) is 4.09. The number of nitrogens with one attached hydrogen (secondary N) is 1. The molecule has 108 valence electrons. The first-order chi connectivity index (χ1) is 9.59. The van der Waals surface area contributed by atoms with Gasteiger partial charge in [-0.3, -0.25) is 4.98 Å². The van der Waals surface area contributed by atoms with Gasteiger partial charge in [0.05, 0.1) is 11.9 Å². The molecule has 0 aromatic carbocycles. The molecule has 1 aliphatic heterocycles. The quantitative estimate of drug-likeness (QED) is 0.679. The number of carboxylic acids is 2. The molecule has 0 saturated carbocycles. The largest absolute Gasteiger partial charge is 0.478 e. The fourth-order valence-electron chi connectivity index (χ4n) is 1.61. The Morgan fingerprint density at radius 2 is 1.80 bits per heavy atom. The van der Waals surface area contributed by atoms with E-state index in [9.17, 15) is 9.59 Å². The monoisotopic (exact) mass is 279 g/mol. The zero-order chi connectivity index (χ0) is 14.8. The van der Waals surface area contributed by atoms with Crippen molar-refractivity contribution in [1.82, 2.24) is 10.3 Å². The highest BCUT2D eigenvalue weighted by atomic mass is 16.4. The van der Waals surface area contributed by atoms with Crippen LogP contribution in [0.2, 0.25) is 0 Å². The minimum Gasteiger partial charge on any atom is -0.478 e. The average Bonchev–Trinajstić information content (AvgIpc) is 2.48. The Labute approximate surface area is 116 Å². The molecule has 20 heavy (non-hydrogen) atoms. The van der Waals surface area contributed by atoms with E-state index in [1.54, 1.807) is 0 Å². The minimum atomic E-state index is -1.26. The molecule has 0 spiro atoms. The number of piperazine rings is 1. The lowest BCUT2D eigenvalue weighted by atomic mass is 10.3. The van der Waals surface area contributed by atoms with E-state index in [2.05, 4.69) is 21.3 Å². The summed E-state index contributed by atoms with van der Waals surface area (Å²) >= 11 is 0. The van der Waals surface area contributed by atoms with E-state index in [4.69, 9.17) is 10.2 Å². The smallest absolute Gasteiger partial charge is 0.328 e. The fourth-order valence-corrected chi connectivity index (χ4v) is 1.61. The van der Waals surface area contributed by atoms with Crippen LogP contribution in [0.15, 0.2) is 36.7 Å². The number of hydrogen-bond donors (Lipinski definition) is 3. The number of hydrogen-bond acceptors (Lipinski definition) is 5. The van der Waals surface area contributed by atoms with Crippen LogP contribution in [0, 0.1) is 0 Å². The maximum Gasteiger partial charge on any atom is 0.328 e. The predicted octanol–water partition coefficient (Wildman–Crippen LogP) is 0.203. The number of carboxylic acid groups (broad SMARTS) is 2. The molecule has 1 aliphatic rings. The van der Waals surface area contributed by atoms with Gasteiger partial charge < -0.3 is 20.4 Å². The fraction of sp³-hybridized carbons (Fsp3) is 0.308. The number of anilines is 1. The zero-order valence-corrected chi connectivity index (χ0v) is 10.9. The van der Waals surface area contributed by atoms with Gasteiger partial charge in [-0.15, -0.1) is 0 Å². The lowest BCUT2D eigenvalue weighted by molar-refractivity contribution is -0.134. The third-order valence-corrected chi connectivity index (χ3v) is 2.50. The van der Waals surface area contributed by atoms with E-state index in [0.29, 0.717) is 12.2 Å².